The van der Waals surface area contributed by atoms with Crippen LogP contribution in [0.25, 0.3) is 0 Å². The van der Waals surface area contributed by atoms with Gasteiger partial charge < -0.3 is 19.5 Å². The summed E-state index contributed by atoms with van der Waals surface area (Å²) in [6, 6.07) is 0. The minimum absolute atomic E-state index is 0.168. The Morgan fingerprint density at radius 1 is 1.43 bits per heavy atom. The van der Waals surface area contributed by atoms with Crippen molar-refractivity contribution in [3.05, 3.63) is 23.8 Å². The molecule has 0 saturated carbocycles. The zero-order valence-corrected chi connectivity index (χ0v) is 13.3. The molecule has 1 spiro atoms. The van der Waals surface area contributed by atoms with Crippen molar-refractivity contribution >= 4 is 11.9 Å². The van der Waals surface area contributed by atoms with Gasteiger partial charge in [-0.3, -0.25) is 4.79 Å². The Balaban J connectivity index is 1.79. The monoisotopic (exact) mass is 319 g/mol. The summed E-state index contributed by atoms with van der Waals surface area (Å²) in [5, 5.41) is 11.3. The van der Waals surface area contributed by atoms with Crippen LogP contribution in [-0.4, -0.2) is 46.0 Å². The quantitative estimate of drug-likeness (QED) is 0.733. The van der Waals surface area contributed by atoms with Gasteiger partial charge in [-0.05, 0) is 38.3 Å². The highest BCUT2D eigenvalue weighted by Crippen LogP contribution is 2.55. The first-order chi connectivity index (χ1) is 10.9. The van der Waals surface area contributed by atoms with E-state index < -0.39 is 11.5 Å². The lowest BCUT2D eigenvalue weighted by atomic mass is 9.76. The number of carbonyl (C=O) groups excluding carboxylic acids is 2. The second kappa shape index (κ2) is 4.68. The lowest BCUT2D eigenvalue weighted by Crippen LogP contribution is -2.55. The standard InChI is InChI=1S/C17H21NO5/c1-3-11-14-12(22-17(11)9-10(2)15(20)23-17)5-4-8-18-13(19)6-7-16(14,18)21/h6-7,9,11-12,14,21H,3-5,8H2,1-2H3/t11-,12+,14-,16+,17-/m1/s1. The van der Waals surface area contributed by atoms with E-state index in [0.717, 1.165) is 12.8 Å². The molecule has 2 saturated heterocycles. The van der Waals surface area contributed by atoms with Gasteiger partial charge in [0.25, 0.3) is 0 Å². The summed E-state index contributed by atoms with van der Waals surface area (Å²) in [4.78, 5) is 25.6. The summed E-state index contributed by atoms with van der Waals surface area (Å²) < 4.78 is 11.8. The molecule has 23 heavy (non-hydrogen) atoms. The number of aliphatic hydroxyl groups is 1. The summed E-state index contributed by atoms with van der Waals surface area (Å²) >= 11 is 0. The minimum Gasteiger partial charge on any atom is -0.426 e. The molecule has 6 nitrogen and oxygen atoms in total. The van der Waals surface area contributed by atoms with Crippen LogP contribution < -0.4 is 0 Å². The second-order valence-corrected chi connectivity index (χ2v) is 6.88. The predicted octanol–water partition coefficient (Wildman–Crippen LogP) is 1.11. The zero-order chi connectivity index (χ0) is 16.4. The summed E-state index contributed by atoms with van der Waals surface area (Å²) in [5.41, 5.74) is -0.832. The summed E-state index contributed by atoms with van der Waals surface area (Å²) in [6.45, 7) is 4.21. The Morgan fingerprint density at radius 3 is 2.87 bits per heavy atom. The summed E-state index contributed by atoms with van der Waals surface area (Å²) in [5.74, 6) is -2.16. The van der Waals surface area contributed by atoms with Crippen LogP contribution in [-0.2, 0) is 19.1 Å². The highest BCUT2D eigenvalue weighted by atomic mass is 16.7. The molecule has 4 rings (SSSR count). The molecule has 0 unspecified atom stereocenters. The topological polar surface area (TPSA) is 76.1 Å². The Hall–Kier alpha value is -1.66. The lowest BCUT2D eigenvalue weighted by molar-refractivity contribution is -0.204. The lowest BCUT2D eigenvalue weighted by Gasteiger charge is -2.40. The van der Waals surface area contributed by atoms with Crippen LogP contribution in [0.3, 0.4) is 0 Å². The van der Waals surface area contributed by atoms with E-state index in [9.17, 15) is 14.7 Å². The van der Waals surface area contributed by atoms with E-state index in [1.807, 2.05) is 6.92 Å². The molecule has 5 atom stereocenters. The van der Waals surface area contributed by atoms with E-state index >= 15 is 0 Å². The number of hydrogen-bond acceptors (Lipinski definition) is 5. The molecule has 4 heterocycles. The van der Waals surface area contributed by atoms with Crippen molar-refractivity contribution in [2.24, 2.45) is 11.8 Å². The number of hydrogen-bond donors (Lipinski definition) is 1. The van der Waals surface area contributed by atoms with Crippen molar-refractivity contribution < 1.29 is 24.2 Å². The van der Waals surface area contributed by atoms with Crippen LogP contribution in [0.1, 0.15) is 33.1 Å². The number of rotatable bonds is 1. The molecule has 0 aromatic heterocycles. The molecule has 0 aromatic carbocycles. The van der Waals surface area contributed by atoms with Gasteiger partial charge in [-0.15, -0.1) is 0 Å². The van der Waals surface area contributed by atoms with Crippen molar-refractivity contribution in [1.82, 2.24) is 4.90 Å². The predicted molar refractivity (Wildman–Crippen MR) is 79.8 cm³/mol. The van der Waals surface area contributed by atoms with Gasteiger partial charge in [0.1, 0.15) is 0 Å². The van der Waals surface area contributed by atoms with Gasteiger partial charge in [-0.2, -0.15) is 0 Å². The maximum atomic E-state index is 12.1. The van der Waals surface area contributed by atoms with Crippen molar-refractivity contribution in [2.45, 2.75) is 50.7 Å². The van der Waals surface area contributed by atoms with Gasteiger partial charge in [0.2, 0.25) is 11.7 Å². The molecule has 0 aliphatic carbocycles. The van der Waals surface area contributed by atoms with Gasteiger partial charge in [0, 0.05) is 30.0 Å². The first-order valence-corrected chi connectivity index (χ1v) is 8.25. The molecule has 0 bridgehead atoms. The highest BCUT2D eigenvalue weighted by molar-refractivity contribution is 5.92. The molecular formula is C17H21NO5. The number of amides is 1. The number of fused-ring (bicyclic) bond motifs is 3. The van der Waals surface area contributed by atoms with Crippen molar-refractivity contribution in [2.75, 3.05) is 6.54 Å². The van der Waals surface area contributed by atoms with Gasteiger partial charge >= 0.3 is 5.97 Å². The smallest absolute Gasteiger partial charge is 0.336 e. The van der Waals surface area contributed by atoms with Crippen LogP contribution in [0.5, 0.6) is 0 Å². The zero-order valence-electron chi connectivity index (χ0n) is 13.3. The summed E-state index contributed by atoms with van der Waals surface area (Å²) in [6.07, 6.45) is 6.66. The molecule has 4 aliphatic heterocycles. The second-order valence-electron chi connectivity index (χ2n) is 6.88. The van der Waals surface area contributed by atoms with Gasteiger partial charge in [0.15, 0.2) is 5.72 Å². The van der Waals surface area contributed by atoms with Gasteiger partial charge in [-0.1, -0.05) is 6.92 Å². The average Bonchev–Trinajstić information content (AvgIpc) is 3.03. The fourth-order valence-corrected chi connectivity index (χ4v) is 4.69. The molecule has 1 N–H and O–H groups in total. The Bertz CT molecular complexity index is 641. The third-order valence-electron chi connectivity index (χ3n) is 5.65. The molecule has 6 heteroatoms. The van der Waals surface area contributed by atoms with E-state index in [-0.39, 0.29) is 29.8 Å². The van der Waals surface area contributed by atoms with Crippen molar-refractivity contribution in [3.63, 3.8) is 0 Å². The normalized spacial score (nSPS) is 45.1. The van der Waals surface area contributed by atoms with Crippen LogP contribution in [0.4, 0.5) is 0 Å². The molecular weight excluding hydrogens is 298 g/mol. The molecule has 1 amide bonds. The van der Waals surface area contributed by atoms with Crippen molar-refractivity contribution in [3.8, 4) is 0 Å². The molecule has 2 fully saturated rings. The maximum Gasteiger partial charge on any atom is 0.336 e. The Morgan fingerprint density at radius 2 is 2.22 bits per heavy atom. The molecule has 0 radical (unpaired) electrons. The first-order valence-electron chi connectivity index (χ1n) is 8.25. The SMILES string of the molecule is CC[C@@H]1[C@@H]2[C@H](CCCN3C(=O)C=C[C@]23O)O[C@@]12C=C(C)C(=O)O2. The van der Waals surface area contributed by atoms with Gasteiger partial charge in [-0.25, -0.2) is 4.79 Å². The number of nitrogens with zero attached hydrogens (tertiary/aromatic N) is 1. The van der Waals surface area contributed by atoms with Crippen LogP contribution in [0, 0.1) is 11.8 Å². The highest BCUT2D eigenvalue weighted by Gasteiger charge is 2.65. The fraction of sp³-hybridized carbons (Fsp3) is 0.647. The van der Waals surface area contributed by atoms with E-state index in [1.54, 1.807) is 19.1 Å². The van der Waals surface area contributed by atoms with E-state index in [2.05, 4.69) is 0 Å². The Labute approximate surface area is 134 Å². The third kappa shape index (κ3) is 1.82. The average molecular weight is 319 g/mol. The first kappa shape index (κ1) is 14.9. The van der Waals surface area contributed by atoms with E-state index in [1.165, 1.54) is 11.0 Å². The molecule has 124 valence electrons. The van der Waals surface area contributed by atoms with Gasteiger partial charge in [0.05, 0.1) is 6.10 Å². The molecule has 4 aliphatic rings. The van der Waals surface area contributed by atoms with Crippen LogP contribution >= 0.6 is 0 Å². The third-order valence-corrected chi connectivity index (χ3v) is 5.65. The van der Waals surface area contributed by atoms with Crippen molar-refractivity contribution in [1.29, 1.82) is 0 Å². The number of carbonyl (C=O) groups is 2. The van der Waals surface area contributed by atoms with E-state index in [0.29, 0.717) is 18.5 Å². The Kier molecular flexibility index (Phi) is 3.03. The minimum atomic E-state index is -1.36. The number of esters is 1. The summed E-state index contributed by atoms with van der Waals surface area (Å²) in [7, 11) is 0. The van der Waals surface area contributed by atoms with E-state index in [4.69, 9.17) is 9.47 Å². The fourth-order valence-electron chi connectivity index (χ4n) is 4.69. The molecule has 0 aromatic rings. The maximum absolute atomic E-state index is 12.1. The largest absolute Gasteiger partial charge is 0.426 e. The number of ether oxygens (including phenoxy) is 2. The van der Waals surface area contributed by atoms with Crippen LogP contribution in [0.2, 0.25) is 0 Å². The van der Waals surface area contributed by atoms with Crippen LogP contribution in [0.15, 0.2) is 23.8 Å².